The Morgan fingerprint density at radius 1 is 1.03 bits per heavy atom. The van der Waals surface area contributed by atoms with Crippen LogP contribution in [0.1, 0.15) is 44.0 Å². The first-order valence-electron chi connectivity index (χ1n) is 12.6. The Kier molecular flexibility index (Phi) is 7.52. The number of anilines is 2. The van der Waals surface area contributed by atoms with Gasteiger partial charge >= 0.3 is 6.09 Å². The van der Waals surface area contributed by atoms with E-state index in [0.717, 1.165) is 24.0 Å². The Bertz CT molecular complexity index is 1210. The van der Waals surface area contributed by atoms with Crippen molar-refractivity contribution in [2.75, 3.05) is 37.0 Å². The molecule has 1 saturated carbocycles. The van der Waals surface area contributed by atoms with Crippen molar-refractivity contribution in [3.05, 3.63) is 48.0 Å². The predicted molar refractivity (Wildman–Crippen MR) is 142 cm³/mol. The van der Waals surface area contributed by atoms with Gasteiger partial charge in [0.25, 0.3) is 5.91 Å². The van der Waals surface area contributed by atoms with Gasteiger partial charge in [-0.2, -0.15) is 0 Å². The van der Waals surface area contributed by atoms with Gasteiger partial charge in [0.15, 0.2) is 0 Å². The zero-order chi connectivity index (χ0) is 26.9. The Labute approximate surface area is 217 Å². The fourth-order valence-corrected chi connectivity index (χ4v) is 4.50. The van der Waals surface area contributed by atoms with E-state index in [1.54, 1.807) is 37.9 Å². The SMILES string of the molecule is CNC(=O)CN(C)C(=O)c1ccc(-c2ccc3c(c2)N(C(=O)OC(C)C)CC(C)N3C(=O)C2CC2)cc1. The van der Waals surface area contributed by atoms with Crippen LogP contribution in [-0.2, 0) is 14.3 Å². The molecular formula is C28H34N4O5. The lowest BCUT2D eigenvalue weighted by Crippen LogP contribution is -2.52. The number of rotatable bonds is 6. The van der Waals surface area contributed by atoms with Crippen LogP contribution in [0, 0.1) is 5.92 Å². The number of hydrogen-bond acceptors (Lipinski definition) is 5. The van der Waals surface area contributed by atoms with Crippen molar-refractivity contribution in [3.8, 4) is 11.1 Å². The maximum atomic E-state index is 13.1. The molecule has 2 aromatic rings. The molecule has 2 aliphatic rings. The molecule has 2 aromatic carbocycles. The van der Waals surface area contributed by atoms with Crippen molar-refractivity contribution in [1.29, 1.82) is 0 Å². The second kappa shape index (κ2) is 10.6. The zero-order valence-electron chi connectivity index (χ0n) is 22.0. The molecule has 1 unspecified atom stereocenters. The van der Waals surface area contributed by atoms with E-state index in [4.69, 9.17) is 4.74 Å². The van der Waals surface area contributed by atoms with Gasteiger partial charge in [-0.15, -0.1) is 0 Å². The molecule has 4 amide bonds. The lowest BCUT2D eigenvalue weighted by atomic mass is 9.99. The van der Waals surface area contributed by atoms with Gasteiger partial charge in [0.1, 0.15) is 0 Å². The van der Waals surface area contributed by atoms with Gasteiger partial charge < -0.3 is 19.9 Å². The highest BCUT2D eigenvalue weighted by Crippen LogP contribution is 2.42. The fraction of sp³-hybridized carbons (Fsp3) is 0.429. The molecular weight excluding hydrogens is 472 g/mol. The Morgan fingerprint density at radius 2 is 1.68 bits per heavy atom. The molecule has 0 spiro atoms. The molecule has 9 heteroatoms. The Hall–Kier alpha value is -3.88. The number of fused-ring (bicyclic) bond motifs is 1. The minimum Gasteiger partial charge on any atom is -0.446 e. The number of nitrogens with one attached hydrogen (secondary N) is 1. The Morgan fingerprint density at radius 3 is 2.27 bits per heavy atom. The maximum absolute atomic E-state index is 13.1. The number of carbonyl (C=O) groups excluding carboxylic acids is 4. The molecule has 1 fully saturated rings. The topological polar surface area (TPSA) is 99.3 Å². The minimum absolute atomic E-state index is 0.0290. The number of amides is 4. The predicted octanol–water partition coefficient (Wildman–Crippen LogP) is 3.67. The van der Waals surface area contributed by atoms with Crippen molar-refractivity contribution in [2.45, 2.75) is 45.8 Å². The average Bonchev–Trinajstić information content (AvgIpc) is 3.72. The number of carbonyl (C=O) groups is 4. The van der Waals surface area contributed by atoms with Crippen LogP contribution >= 0.6 is 0 Å². The lowest BCUT2D eigenvalue weighted by Gasteiger charge is -2.41. The highest BCUT2D eigenvalue weighted by Gasteiger charge is 2.41. The van der Waals surface area contributed by atoms with Gasteiger partial charge in [0.05, 0.1) is 30.1 Å². The zero-order valence-corrected chi connectivity index (χ0v) is 22.0. The lowest BCUT2D eigenvalue weighted by molar-refractivity contribution is -0.121. The summed E-state index contributed by atoms with van der Waals surface area (Å²) in [5.41, 5.74) is 3.48. The van der Waals surface area contributed by atoms with Crippen molar-refractivity contribution in [2.24, 2.45) is 5.92 Å². The van der Waals surface area contributed by atoms with E-state index < -0.39 is 6.09 Å². The normalized spacial score (nSPS) is 16.8. The van der Waals surface area contributed by atoms with Crippen molar-refractivity contribution in [3.63, 3.8) is 0 Å². The number of ether oxygens (including phenoxy) is 1. The van der Waals surface area contributed by atoms with Crippen LogP contribution in [0.15, 0.2) is 42.5 Å². The summed E-state index contributed by atoms with van der Waals surface area (Å²) in [6.07, 6.45) is 1.08. The second-order valence-corrected chi connectivity index (χ2v) is 9.99. The van der Waals surface area contributed by atoms with E-state index in [2.05, 4.69) is 5.32 Å². The molecule has 1 aliphatic carbocycles. The first-order valence-corrected chi connectivity index (χ1v) is 12.6. The molecule has 1 atom stereocenters. The third-order valence-corrected chi connectivity index (χ3v) is 6.61. The summed E-state index contributed by atoms with van der Waals surface area (Å²) in [6, 6.07) is 12.6. The van der Waals surface area contributed by atoms with Crippen LogP contribution in [0.3, 0.4) is 0 Å². The summed E-state index contributed by atoms with van der Waals surface area (Å²) in [5, 5.41) is 2.51. The third-order valence-electron chi connectivity index (χ3n) is 6.61. The molecule has 1 aliphatic heterocycles. The molecule has 0 radical (unpaired) electrons. The first-order chi connectivity index (χ1) is 17.6. The van der Waals surface area contributed by atoms with Gasteiger partial charge in [-0.05, 0) is 69.0 Å². The molecule has 1 N–H and O–H groups in total. The molecule has 37 heavy (non-hydrogen) atoms. The monoisotopic (exact) mass is 506 g/mol. The number of hydrogen-bond donors (Lipinski definition) is 1. The number of benzene rings is 2. The molecule has 1 heterocycles. The highest BCUT2D eigenvalue weighted by atomic mass is 16.6. The van der Waals surface area contributed by atoms with Crippen LogP contribution in [-0.4, -0.2) is 68.0 Å². The van der Waals surface area contributed by atoms with Crippen LogP contribution in [0.25, 0.3) is 11.1 Å². The van der Waals surface area contributed by atoms with E-state index in [-0.39, 0.29) is 42.3 Å². The van der Waals surface area contributed by atoms with Crippen LogP contribution in [0.2, 0.25) is 0 Å². The van der Waals surface area contributed by atoms with Crippen LogP contribution in [0.5, 0.6) is 0 Å². The summed E-state index contributed by atoms with van der Waals surface area (Å²) in [5.74, 6) is -0.352. The van der Waals surface area contributed by atoms with Crippen molar-refractivity contribution < 1.29 is 23.9 Å². The van der Waals surface area contributed by atoms with Gasteiger partial charge in [0, 0.05) is 32.1 Å². The molecule has 0 saturated heterocycles. The van der Waals surface area contributed by atoms with E-state index in [9.17, 15) is 19.2 Å². The minimum atomic E-state index is -0.445. The first kappa shape index (κ1) is 26.2. The van der Waals surface area contributed by atoms with Crippen LogP contribution < -0.4 is 15.1 Å². The van der Waals surface area contributed by atoms with E-state index in [0.29, 0.717) is 23.5 Å². The quantitative estimate of drug-likeness (QED) is 0.645. The van der Waals surface area contributed by atoms with E-state index in [1.165, 1.54) is 11.9 Å². The highest BCUT2D eigenvalue weighted by molar-refractivity contribution is 6.05. The third kappa shape index (κ3) is 5.60. The Balaban J connectivity index is 1.65. The van der Waals surface area contributed by atoms with Crippen molar-refractivity contribution in [1.82, 2.24) is 10.2 Å². The summed E-state index contributed by atoms with van der Waals surface area (Å²) in [7, 11) is 3.11. The van der Waals surface area contributed by atoms with E-state index >= 15 is 0 Å². The van der Waals surface area contributed by atoms with Crippen molar-refractivity contribution >= 4 is 35.2 Å². The molecule has 9 nitrogen and oxygen atoms in total. The average molecular weight is 507 g/mol. The standard InChI is InChI=1S/C28H34N4O5/c1-17(2)37-28(36)31-15-18(3)32(27(35)21-10-11-21)23-13-12-22(14-24(23)31)19-6-8-20(9-7-19)26(34)30(5)16-25(33)29-4/h6-9,12-14,17-18,21H,10-11,15-16H2,1-5H3,(H,29,33). The molecule has 196 valence electrons. The summed E-state index contributed by atoms with van der Waals surface area (Å²) < 4.78 is 5.51. The van der Waals surface area contributed by atoms with Gasteiger partial charge in [-0.1, -0.05) is 18.2 Å². The van der Waals surface area contributed by atoms with Gasteiger partial charge in [-0.25, -0.2) is 4.79 Å². The number of likely N-dealkylation sites (N-methyl/N-ethyl adjacent to an activating group) is 2. The van der Waals surface area contributed by atoms with Gasteiger partial charge in [-0.3, -0.25) is 19.3 Å². The maximum Gasteiger partial charge on any atom is 0.414 e. The fourth-order valence-electron chi connectivity index (χ4n) is 4.50. The van der Waals surface area contributed by atoms with Gasteiger partial charge in [0.2, 0.25) is 11.8 Å². The summed E-state index contributed by atoms with van der Waals surface area (Å²) in [6.45, 7) is 5.87. The second-order valence-electron chi connectivity index (χ2n) is 9.99. The van der Waals surface area contributed by atoms with Crippen LogP contribution in [0.4, 0.5) is 16.2 Å². The van der Waals surface area contributed by atoms with E-state index in [1.807, 2.05) is 42.2 Å². The largest absolute Gasteiger partial charge is 0.446 e. The smallest absolute Gasteiger partial charge is 0.414 e. The summed E-state index contributed by atoms with van der Waals surface area (Å²) in [4.78, 5) is 55.2. The molecule has 0 bridgehead atoms. The molecule has 0 aromatic heterocycles. The molecule has 4 rings (SSSR count). The number of nitrogens with zero attached hydrogens (tertiary/aromatic N) is 3. The summed E-state index contributed by atoms with van der Waals surface area (Å²) >= 11 is 0.